The summed E-state index contributed by atoms with van der Waals surface area (Å²) >= 11 is 0. The fraction of sp³-hybridized carbons (Fsp3) is 0.440. The van der Waals surface area contributed by atoms with Gasteiger partial charge in [-0.3, -0.25) is 4.98 Å². The maximum absolute atomic E-state index is 13.6. The molecular weight excluding hydrogens is 436 g/mol. The SMILES string of the molecule is CC(C)c1nc(C(C)C)c(CO)c(-c2ccc(F)cc2)c1/C=C/[C@H](O)C[C@H](O)CC(=O)[O-].[Na+]. The van der Waals surface area contributed by atoms with Gasteiger partial charge in [0, 0.05) is 35.6 Å². The molecule has 0 saturated heterocycles. The van der Waals surface area contributed by atoms with Crippen LogP contribution in [0.15, 0.2) is 30.3 Å². The molecule has 33 heavy (non-hydrogen) atoms. The van der Waals surface area contributed by atoms with Crippen molar-refractivity contribution in [2.75, 3.05) is 0 Å². The van der Waals surface area contributed by atoms with Gasteiger partial charge >= 0.3 is 29.6 Å². The number of hydrogen-bond donors (Lipinski definition) is 3. The van der Waals surface area contributed by atoms with Crippen LogP contribution in [0.25, 0.3) is 17.2 Å². The molecule has 0 radical (unpaired) electrons. The van der Waals surface area contributed by atoms with Crippen LogP contribution in [0.3, 0.4) is 0 Å². The second-order valence-electron chi connectivity index (χ2n) is 8.52. The number of nitrogens with zero attached hydrogens (tertiary/aromatic N) is 1. The van der Waals surface area contributed by atoms with Crippen molar-refractivity contribution in [2.45, 2.75) is 71.2 Å². The molecule has 0 saturated carbocycles. The van der Waals surface area contributed by atoms with E-state index >= 15 is 0 Å². The molecule has 8 heteroatoms. The van der Waals surface area contributed by atoms with Gasteiger partial charge in [0.2, 0.25) is 0 Å². The second kappa shape index (κ2) is 13.3. The summed E-state index contributed by atoms with van der Waals surface area (Å²) in [5.41, 5.74) is 4.21. The zero-order valence-corrected chi connectivity index (χ0v) is 21.9. The van der Waals surface area contributed by atoms with Crippen molar-refractivity contribution < 1.29 is 59.2 Å². The number of aliphatic hydroxyl groups is 3. The van der Waals surface area contributed by atoms with Crippen molar-refractivity contribution in [3.63, 3.8) is 0 Å². The summed E-state index contributed by atoms with van der Waals surface area (Å²) in [6.45, 7) is 7.67. The smallest absolute Gasteiger partial charge is 0.550 e. The first kappa shape index (κ1) is 29.4. The first-order valence-electron chi connectivity index (χ1n) is 10.7. The van der Waals surface area contributed by atoms with Gasteiger partial charge in [-0.05, 0) is 35.1 Å². The van der Waals surface area contributed by atoms with E-state index in [4.69, 9.17) is 4.98 Å². The van der Waals surface area contributed by atoms with Crippen LogP contribution in [0.4, 0.5) is 4.39 Å². The number of rotatable bonds is 10. The molecule has 2 atom stereocenters. The summed E-state index contributed by atoms with van der Waals surface area (Å²) in [6, 6.07) is 5.96. The Morgan fingerprint density at radius 1 is 1.09 bits per heavy atom. The summed E-state index contributed by atoms with van der Waals surface area (Å²) in [4.78, 5) is 15.5. The van der Waals surface area contributed by atoms with Crippen LogP contribution in [0.2, 0.25) is 0 Å². The van der Waals surface area contributed by atoms with Crippen molar-refractivity contribution in [1.82, 2.24) is 4.98 Å². The molecule has 1 aromatic heterocycles. The Hall–Kier alpha value is -1.61. The molecule has 0 aliphatic heterocycles. The zero-order valence-electron chi connectivity index (χ0n) is 19.9. The van der Waals surface area contributed by atoms with Gasteiger partial charge in [-0.2, -0.15) is 0 Å². The Kier molecular flexibility index (Phi) is 11.9. The van der Waals surface area contributed by atoms with Gasteiger partial charge in [-0.1, -0.05) is 52.0 Å². The van der Waals surface area contributed by atoms with Crippen LogP contribution in [0, 0.1) is 5.82 Å². The average molecular weight is 468 g/mol. The molecule has 0 bridgehead atoms. The van der Waals surface area contributed by atoms with E-state index in [2.05, 4.69) is 0 Å². The fourth-order valence-corrected chi connectivity index (χ4v) is 3.71. The molecule has 0 aliphatic rings. The molecular formula is C25H31FNNaO5. The fourth-order valence-electron chi connectivity index (χ4n) is 3.71. The number of carboxylic acids is 1. The van der Waals surface area contributed by atoms with Crippen LogP contribution >= 0.6 is 0 Å². The number of aliphatic carboxylic acids is 1. The van der Waals surface area contributed by atoms with Crippen molar-refractivity contribution in [1.29, 1.82) is 0 Å². The van der Waals surface area contributed by atoms with E-state index in [0.717, 1.165) is 11.4 Å². The van der Waals surface area contributed by atoms with E-state index in [1.54, 1.807) is 18.2 Å². The third kappa shape index (κ3) is 7.98. The third-order valence-corrected chi connectivity index (χ3v) is 5.18. The summed E-state index contributed by atoms with van der Waals surface area (Å²) in [7, 11) is 0. The summed E-state index contributed by atoms with van der Waals surface area (Å²) < 4.78 is 13.6. The largest absolute Gasteiger partial charge is 1.00 e. The Balaban J connectivity index is 0.00000544. The number of pyridine rings is 1. The normalized spacial score (nSPS) is 13.4. The minimum Gasteiger partial charge on any atom is -0.550 e. The molecule has 0 fully saturated rings. The molecule has 6 nitrogen and oxygen atoms in total. The summed E-state index contributed by atoms with van der Waals surface area (Å²) in [5, 5.41) is 40.9. The van der Waals surface area contributed by atoms with Crippen LogP contribution < -0.4 is 34.7 Å². The van der Waals surface area contributed by atoms with Gasteiger partial charge in [0.25, 0.3) is 0 Å². The van der Waals surface area contributed by atoms with E-state index in [-0.39, 0.29) is 60.2 Å². The Labute approximate surface area is 216 Å². The Bertz CT molecular complexity index is 960. The number of aliphatic hydroxyl groups excluding tert-OH is 3. The van der Waals surface area contributed by atoms with Crippen LogP contribution in [0.5, 0.6) is 0 Å². The first-order chi connectivity index (χ1) is 15.0. The number of carbonyl (C=O) groups is 1. The summed E-state index contributed by atoms with van der Waals surface area (Å²) in [5.74, 6) is -1.72. The second-order valence-corrected chi connectivity index (χ2v) is 8.52. The van der Waals surface area contributed by atoms with Crippen molar-refractivity contribution in [2.24, 2.45) is 0 Å². The Morgan fingerprint density at radius 3 is 2.15 bits per heavy atom. The van der Waals surface area contributed by atoms with Crippen molar-refractivity contribution in [3.05, 3.63) is 58.7 Å². The number of halogens is 1. The number of carbonyl (C=O) groups excluding carboxylic acids is 1. The molecule has 0 aliphatic carbocycles. The molecule has 174 valence electrons. The number of benzene rings is 1. The third-order valence-electron chi connectivity index (χ3n) is 5.18. The predicted molar refractivity (Wildman–Crippen MR) is 119 cm³/mol. The minimum absolute atomic E-state index is 0. The minimum atomic E-state index is -1.39. The standard InChI is InChI=1S/C25H32FNO5.Na/c1-14(2)24-20(10-9-18(29)11-19(30)12-22(31)32)23(16-5-7-17(26)8-6-16)21(13-28)25(27-24)15(3)4;/h5-10,14-15,18-19,28-30H,11-13H2,1-4H3,(H,31,32);/q;+1/p-1/b10-9+;/t18-,19-;/m0./s1. The van der Waals surface area contributed by atoms with Gasteiger partial charge < -0.3 is 25.2 Å². The maximum Gasteiger partial charge on any atom is 1.00 e. The van der Waals surface area contributed by atoms with E-state index in [0.29, 0.717) is 22.3 Å². The first-order valence-corrected chi connectivity index (χ1v) is 10.7. The number of aromatic nitrogens is 1. The van der Waals surface area contributed by atoms with E-state index < -0.39 is 24.6 Å². The predicted octanol–water partition coefficient (Wildman–Crippen LogP) is -0.104. The van der Waals surface area contributed by atoms with Crippen molar-refractivity contribution in [3.8, 4) is 11.1 Å². The molecule has 0 amide bonds. The summed E-state index contributed by atoms with van der Waals surface area (Å²) in [6.07, 6.45) is 0.0497. The number of carboxylic acid groups (broad SMARTS) is 1. The van der Waals surface area contributed by atoms with Gasteiger partial charge in [-0.25, -0.2) is 4.39 Å². The molecule has 0 unspecified atom stereocenters. The van der Waals surface area contributed by atoms with Gasteiger partial charge in [0.15, 0.2) is 0 Å². The van der Waals surface area contributed by atoms with Crippen LogP contribution in [-0.4, -0.2) is 38.5 Å². The molecule has 2 rings (SSSR count). The quantitative estimate of drug-likeness (QED) is 0.421. The van der Waals surface area contributed by atoms with E-state index in [9.17, 15) is 29.6 Å². The average Bonchev–Trinajstić information content (AvgIpc) is 2.70. The molecule has 0 spiro atoms. The molecule has 1 heterocycles. The maximum atomic E-state index is 13.6. The van der Waals surface area contributed by atoms with Gasteiger partial charge in [-0.15, -0.1) is 0 Å². The van der Waals surface area contributed by atoms with Gasteiger partial charge in [0.1, 0.15) is 5.82 Å². The Morgan fingerprint density at radius 2 is 1.67 bits per heavy atom. The van der Waals surface area contributed by atoms with Crippen molar-refractivity contribution >= 4 is 12.0 Å². The molecule has 3 N–H and O–H groups in total. The van der Waals surface area contributed by atoms with Gasteiger partial charge in [0.05, 0.1) is 24.5 Å². The number of hydrogen-bond acceptors (Lipinski definition) is 6. The topological polar surface area (TPSA) is 114 Å². The molecule has 1 aromatic carbocycles. The molecule has 2 aromatic rings. The monoisotopic (exact) mass is 467 g/mol. The van der Waals surface area contributed by atoms with E-state index in [1.165, 1.54) is 18.2 Å². The zero-order chi connectivity index (χ0) is 24.0. The van der Waals surface area contributed by atoms with E-state index in [1.807, 2.05) is 27.7 Å². The van der Waals surface area contributed by atoms with Crippen LogP contribution in [-0.2, 0) is 11.4 Å². The van der Waals surface area contributed by atoms with Crippen LogP contribution in [0.1, 0.15) is 74.9 Å².